The lowest BCUT2D eigenvalue weighted by Crippen LogP contribution is -2.07. The standard InChI is InChI=1S/C23H19BrClNO3/c1-28-22-13-16(8-12-23(27)26-20-4-2-3-18(24)14-20)7-11-21(22)29-15-17-5-9-19(25)10-6-17/h2-14H,15H2,1H3,(H,26,27)/b12-8+. The first-order valence-corrected chi connectivity index (χ1v) is 10.0. The third-order valence-electron chi connectivity index (χ3n) is 4.01. The Morgan fingerprint density at radius 2 is 1.86 bits per heavy atom. The fourth-order valence-corrected chi connectivity index (χ4v) is 3.10. The van der Waals surface area contributed by atoms with E-state index in [4.69, 9.17) is 21.1 Å². The number of hydrogen-bond donors (Lipinski definition) is 1. The molecule has 0 aromatic heterocycles. The first-order chi connectivity index (χ1) is 14.0. The maximum Gasteiger partial charge on any atom is 0.248 e. The summed E-state index contributed by atoms with van der Waals surface area (Å²) in [6, 6.07) is 20.4. The Labute approximate surface area is 183 Å². The number of anilines is 1. The molecular weight excluding hydrogens is 454 g/mol. The molecule has 0 aliphatic heterocycles. The van der Waals surface area contributed by atoms with Gasteiger partial charge < -0.3 is 14.8 Å². The lowest BCUT2D eigenvalue weighted by Gasteiger charge is -2.11. The van der Waals surface area contributed by atoms with Gasteiger partial charge in [-0.25, -0.2) is 0 Å². The molecule has 1 N–H and O–H groups in total. The second-order valence-electron chi connectivity index (χ2n) is 6.16. The Morgan fingerprint density at radius 3 is 2.59 bits per heavy atom. The van der Waals surface area contributed by atoms with Crippen molar-refractivity contribution in [2.24, 2.45) is 0 Å². The van der Waals surface area contributed by atoms with Gasteiger partial charge in [-0.05, 0) is 59.7 Å². The van der Waals surface area contributed by atoms with E-state index in [0.29, 0.717) is 23.1 Å². The van der Waals surface area contributed by atoms with Crippen molar-refractivity contribution in [3.8, 4) is 11.5 Å². The highest BCUT2D eigenvalue weighted by Gasteiger charge is 2.06. The second-order valence-corrected chi connectivity index (χ2v) is 7.51. The topological polar surface area (TPSA) is 47.6 Å². The summed E-state index contributed by atoms with van der Waals surface area (Å²) in [7, 11) is 1.58. The summed E-state index contributed by atoms with van der Waals surface area (Å²) in [6.07, 6.45) is 3.20. The number of benzene rings is 3. The maximum atomic E-state index is 12.1. The quantitative estimate of drug-likeness (QED) is 0.408. The van der Waals surface area contributed by atoms with Crippen LogP contribution >= 0.6 is 27.5 Å². The van der Waals surface area contributed by atoms with Crippen molar-refractivity contribution in [2.75, 3.05) is 12.4 Å². The molecule has 3 aromatic rings. The van der Waals surface area contributed by atoms with E-state index < -0.39 is 0 Å². The van der Waals surface area contributed by atoms with E-state index in [2.05, 4.69) is 21.2 Å². The van der Waals surface area contributed by atoms with Crippen LogP contribution in [0.1, 0.15) is 11.1 Å². The van der Waals surface area contributed by atoms with Crippen LogP contribution in [0.25, 0.3) is 6.08 Å². The smallest absolute Gasteiger partial charge is 0.248 e. The molecule has 0 aliphatic rings. The number of halogens is 2. The first kappa shape index (κ1) is 21.0. The molecule has 0 fully saturated rings. The van der Waals surface area contributed by atoms with E-state index >= 15 is 0 Å². The number of carbonyl (C=O) groups is 1. The molecule has 0 aliphatic carbocycles. The number of nitrogens with one attached hydrogen (secondary N) is 1. The zero-order chi connectivity index (χ0) is 20.6. The minimum atomic E-state index is -0.217. The van der Waals surface area contributed by atoms with Gasteiger partial charge in [0.1, 0.15) is 6.61 Å². The summed E-state index contributed by atoms with van der Waals surface area (Å²) in [4.78, 5) is 12.1. The van der Waals surface area contributed by atoms with Crippen LogP contribution in [0.5, 0.6) is 11.5 Å². The molecule has 0 bridgehead atoms. The monoisotopic (exact) mass is 471 g/mol. The Kier molecular flexibility index (Phi) is 7.33. The summed E-state index contributed by atoms with van der Waals surface area (Å²) in [5.41, 5.74) is 2.55. The zero-order valence-electron chi connectivity index (χ0n) is 15.7. The molecule has 3 aromatic carbocycles. The summed E-state index contributed by atoms with van der Waals surface area (Å²) in [6.45, 7) is 0.401. The second kappa shape index (κ2) is 10.1. The van der Waals surface area contributed by atoms with Crippen molar-refractivity contribution in [1.82, 2.24) is 0 Å². The average molecular weight is 473 g/mol. The molecule has 3 rings (SSSR count). The van der Waals surface area contributed by atoms with E-state index in [9.17, 15) is 4.79 Å². The van der Waals surface area contributed by atoms with Crippen LogP contribution in [0.15, 0.2) is 77.3 Å². The first-order valence-electron chi connectivity index (χ1n) is 8.83. The van der Waals surface area contributed by atoms with Gasteiger partial charge in [-0.3, -0.25) is 4.79 Å². The van der Waals surface area contributed by atoms with Gasteiger partial charge in [-0.1, -0.05) is 51.8 Å². The van der Waals surface area contributed by atoms with Gasteiger partial charge in [-0.15, -0.1) is 0 Å². The molecular formula is C23H19BrClNO3. The van der Waals surface area contributed by atoms with Gasteiger partial charge in [-0.2, -0.15) is 0 Å². The van der Waals surface area contributed by atoms with Crippen LogP contribution in [0, 0.1) is 0 Å². The highest BCUT2D eigenvalue weighted by molar-refractivity contribution is 9.10. The van der Waals surface area contributed by atoms with Crippen molar-refractivity contribution < 1.29 is 14.3 Å². The average Bonchev–Trinajstić information content (AvgIpc) is 2.72. The fourth-order valence-electron chi connectivity index (χ4n) is 2.57. The fraction of sp³-hybridized carbons (Fsp3) is 0.0870. The molecule has 6 heteroatoms. The van der Waals surface area contributed by atoms with Crippen LogP contribution in [0.3, 0.4) is 0 Å². The Hall–Kier alpha value is -2.76. The minimum absolute atomic E-state index is 0.217. The third-order valence-corrected chi connectivity index (χ3v) is 4.76. The van der Waals surface area contributed by atoms with Crippen LogP contribution < -0.4 is 14.8 Å². The van der Waals surface area contributed by atoms with E-state index in [1.807, 2.05) is 66.7 Å². The molecule has 148 valence electrons. The molecule has 0 radical (unpaired) electrons. The molecule has 0 saturated heterocycles. The van der Waals surface area contributed by atoms with Gasteiger partial charge in [0.05, 0.1) is 7.11 Å². The molecule has 0 unspecified atom stereocenters. The summed E-state index contributed by atoms with van der Waals surface area (Å²) in [5, 5.41) is 3.50. The van der Waals surface area contributed by atoms with Crippen LogP contribution in [-0.4, -0.2) is 13.0 Å². The van der Waals surface area contributed by atoms with E-state index in [1.165, 1.54) is 6.08 Å². The van der Waals surface area contributed by atoms with Gasteiger partial charge in [0, 0.05) is 21.3 Å². The predicted molar refractivity (Wildman–Crippen MR) is 121 cm³/mol. The van der Waals surface area contributed by atoms with E-state index in [1.54, 1.807) is 13.2 Å². The SMILES string of the molecule is COc1cc(/C=C/C(=O)Nc2cccc(Br)c2)ccc1OCc1ccc(Cl)cc1. The zero-order valence-corrected chi connectivity index (χ0v) is 18.0. The molecule has 1 amide bonds. The number of rotatable bonds is 7. The number of hydrogen-bond acceptors (Lipinski definition) is 3. The summed E-state index contributed by atoms with van der Waals surface area (Å²) < 4.78 is 12.2. The summed E-state index contributed by atoms with van der Waals surface area (Å²) in [5.74, 6) is 0.997. The lowest BCUT2D eigenvalue weighted by molar-refractivity contribution is -0.111. The van der Waals surface area contributed by atoms with Crippen LogP contribution in [-0.2, 0) is 11.4 Å². The minimum Gasteiger partial charge on any atom is -0.493 e. The van der Waals surface area contributed by atoms with Crippen molar-refractivity contribution in [1.29, 1.82) is 0 Å². The van der Waals surface area contributed by atoms with Gasteiger partial charge in [0.15, 0.2) is 11.5 Å². The number of ether oxygens (including phenoxy) is 2. The Morgan fingerprint density at radius 1 is 1.07 bits per heavy atom. The number of carbonyl (C=O) groups excluding carboxylic acids is 1. The highest BCUT2D eigenvalue weighted by atomic mass is 79.9. The van der Waals surface area contributed by atoms with Crippen molar-refractivity contribution in [3.05, 3.63) is 93.4 Å². The van der Waals surface area contributed by atoms with Gasteiger partial charge >= 0.3 is 0 Å². The maximum absolute atomic E-state index is 12.1. The number of methoxy groups -OCH3 is 1. The molecule has 29 heavy (non-hydrogen) atoms. The molecule has 0 heterocycles. The largest absolute Gasteiger partial charge is 0.493 e. The predicted octanol–water partition coefficient (Wildman–Crippen LogP) is 6.34. The van der Waals surface area contributed by atoms with E-state index in [-0.39, 0.29) is 5.91 Å². The molecule has 0 spiro atoms. The Balaban J connectivity index is 1.63. The van der Waals surface area contributed by atoms with Crippen molar-refractivity contribution >= 4 is 45.2 Å². The number of amides is 1. The third kappa shape index (κ3) is 6.38. The molecule has 4 nitrogen and oxygen atoms in total. The highest BCUT2D eigenvalue weighted by Crippen LogP contribution is 2.29. The lowest BCUT2D eigenvalue weighted by atomic mass is 10.2. The van der Waals surface area contributed by atoms with Gasteiger partial charge in [0.2, 0.25) is 5.91 Å². The summed E-state index contributed by atoms with van der Waals surface area (Å²) >= 11 is 9.28. The normalized spacial score (nSPS) is 10.7. The van der Waals surface area contributed by atoms with Crippen LogP contribution in [0.4, 0.5) is 5.69 Å². The van der Waals surface area contributed by atoms with E-state index in [0.717, 1.165) is 21.3 Å². The van der Waals surface area contributed by atoms with Crippen molar-refractivity contribution in [2.45, 2.75) is 6.61 Å². The van der Waals surface area contributed by atoms with Crippen LogP contribution in [0.2, 0.25) is 5.02 Å². The Bertz CT molecular complexity index is 1020. The molecule has 0 saturated carbocycles. The molecule has 0 atom stereocenters. The van der Waals surface area contributed by atoms with Gasteiger partial charge in [0.25, 0.3) is 0 Å². The van der Waals surface area contributed by atoms with Crippen molar-refractivity contribution in [3.63, 3.8) is 0 Å².